The first-order valence-electron chi connectivity index (χ1n) is 6.37. The van der Waals surface area contributed by atoms with Gasteiger partial charge in [-0.15, -0.1) is 0 Å². The number of nitrogen functional groups attached to an aromatic ring is 1. The molecule has 1 fully saturated rings. The van der Waals surface area contributed by atoms with E-state index in [1.54, 1.807) is 19.1 Å². The number of β-amino-alcohol motifs (C(OH)–C–C–N with tert-alkyl or cyclic N) is 1. The van der Waals surface area contributed by atoms with Crippen molar-refractivity contribution in [3.8, 4) is 0 Å². The average molecular weight is 284 g/mol. The highest BCUT2D eigenvalue weighted by Gasteiger charge is 2.31. The van der Waals surface area contributed by atoms with E-state index in [0.717, 1.165) is 5.56 Å². The molecule has 0 saturated carbocycles. The van der Waals surface area contributed by atoms with Gasteiger partial charge in [-0.1, -0.05) is 0 Å². The standard InChI is InChI=1S/C13H20N2O3S/c1-9-6-12(14)10(2)13(7-9)19(17,18)15-5-3-4-11(16)8-15/h6-7,11,16H,3-5,8,14H2,1-2H3. The minimum Gasteiger partial charge on any atom is -0.398 e. The van der Waals surface area contributed by atoms with E-state index in [1.807, 2.05) is 6.92 Å². The van der Waals surface area contributed by atoms with E-state index in [4.69, 9.17) is 5.73 Å². The maximum Gasteiger partial charge on any atom is 0.243 e. The fourth-order valence-corrected chi connectivity index (χ4v) is 4.25. The number of hydrogen-bond donors (Lipinski definition) is 2. The fraction of sp³-hybridized carbons (Fsp3) is 0.538. The van der Waals surface area contributed by atoms with Crippen LogP contribution in [0.1, 0.15) is 24.0 Å². The number of aliphatic hydroxyl groups is 1. The molecule has 106 valence electrons. The lowest BCUT2D eigenvalue weighted by Gasteiger charge is -2.30. The summed E-state index contributed by atoms with van der Waals surface area (Å²) in [6, 6.07) is 3.40. The van der Waals surface area contributed by atoms with Crippen molar-refractivity contribution in [3.05, 3.63) is 23.3 Å². The number of anilines is 1. The van der Waals surface area contributed by atoms with Gasteiger partial charge in [-0.3, -0.25) is 0 Å². The van der Waals surface area contributed by atoms with Gasteiger partial charge in [0.05, 0.1) is 11.0 Å². The summed E-state index contributed by atoms with van der Waals surface area (Å²) in [7, 11) is -3.58. The molecular weight excluding hydrogens is 264 g/mol. The monoisotopic (exact) mass is 284 g/mol. The minimum absolute atomic E-state index is 0.162. The quantitative estimate of drug-likeness (QED) is 0.795. The normalized spacial score (nSPS) is 21.5. The molecule has 0 bridgehead atoms. The highest BCUT2D eigenvalue weighted by molar-refractivity contribution is 7.89. The summed E-state index contributed by atoms with van der Waals surface area (Å²) in [5.41, 5.74) is 7.72. The Kier molecular flexibility index (Phi) is 3.85. The second-order valence-electron chi connectivity index (χ2n) is 5.14. The van der Waals surface area contributed by atoms with Crippen LogP contribution in [-0.2, 0) is 10.0 Å². The number of piperidine rings is 1. The lowest BCUT2D eigenvalue weighted by Crippen LogP contribution is -2.42. The molecule has 1 aromatic carbocycles. The number of rotatable bonds is 2. The molecule has 1 saturated heterocycles. The van der Waals surface area contributed by atoms with Gasteiger partial charge >= 0.3 is 0 Å². The number of aryl methyl sites for hydroxylation is 1. The number of sulfonamides is 1. The fourth-order valence-electron chi connectivity index (χ4n) is 2.40. The zero-order valence-corrected chi connectivity index (χ0v) is 12.1. The van der Waals surface area contributed by atoms with E-state index < -0.39 is 16.1 Å². The molecule has 1 aromatic rings. The van der Waals surface area contributed by atoms with Crippen LogP contribution in [0.4, 0.5) is 5.69 Å². The van der Waals surface area contributed by atoms with Gasteiger partial charge in [0.15, 0.2) is 0 Å². The molecule has 0 amide bonds. The Balaban J connectivity index is 2.45. The summed E-state index contributed by atoms with van der Waals surface area (Å²) in [4.78, 5) is 0.249. The maximum atomic E-state index is 12.6. The molecule has 0 aromatic heterocycles. The van der Waals surface area contributed by atoms with Crippen molar-refractivity contribution in [1.29, 1.82) is 0 Å². The lowest BCUT2D eigenvalue weighted by molar-refractivity contribution is 0.108. The Hall–Kier alpha value is -1.11. The topological polar surface area (TPSA) is 83.6 Å². The molecule has 3 N–H and O–H groups in total. The number of benzene rings is 1. The van der Waals surface area contributed by atoms with Crippen LogP contribution in [0.2, 0.25) is 0 Å². The minimum atomic E-state index is -3.58. The van der Waals surface area contributed by atoms with Gasteiger partial charge in [-0.2, -0.15) is 4.31 Å². The average Bonchev–Trinajstić information content (AvgIpc) is 2.33. The zero-order chi connectivity index (χ0) is 14.2. The molecule has 1 aliphatic rings. The van der Waals surface area contributed by atoms with E-state index >= 15 is 0 Å². The van der Waals surface area contributed by atoms with Crippen LogP contribution < -0.4 is 5.73 Å². The summed E-state index contributed by atoms with van der Waals surface area (Å²) in [6.45, 7) is 4.14. The number of nitrogens with zero attached hydrogens (tertiary/aromatic N) is 1. The van der Waals surface area contributed by atoms with Gasteiger partial charge in [0.2, 0.25) is 10.0 Å². The van der Waals surface area contributed by atoms with Crippen molar-refractivity contribution in [2.75, 3.05) is 18.8 Å². The van der Waals surface area contributed by atoms with Crippen LogP contribution in [0.5, 0.6) is 0 Å². The van der Waals surface area contributed by atoms with Gasteiger partial charge in [-0.05, 0) is 49.9 Å². The van der Waals surface area contributed by atoms with Crippen LogP contribution in [-0.4, -0.2) is 37.0 Å². The summed E-state index contributed by atoms with van der Waals surface area (Å²) in [5, 5.41) is 9.64. The highest BCUT2D eigenvalue weighted by Crippen LogP contribution is 2.27. The molecule has 0 aliphatic carbocycles. The van der Waals surface area contributed by atoms with E-state index in [1.165, 1.54) is 4.31 Å². The van der Waals surface area contributed by atoms with E-state index in [-0.39, 0.29) is 11.4 Å². The summed E-state index contributed by atoms with van der Waals surface area (Å²) in [6.07, 6.45) is 0.757. The number of nitrogens with two attached hydrogens (primary N) is 1. The van der Waals surface area contributed by atoms with Crippen molar-refractivity contribution in [2.45, 2.75) is 37.7 Å². The highest BCUT2D eigenvalue weighted by atomic mass is 32.2. The predicted octanol–water partition coefficient (Wildman–Crippen LogP) is 1.03. The molecule has 5 nitrogen and oxygen atoms in total. The Bertz CT molecular complexity index is 584. The Morgan fingerprint density at radius 1 is 1.37 bits per heavy atom. The first-order chi connectivity index (χ1) is 8.82. The third-order valence-electron chi connectivity index (χ3n) is 3.52. The molecule has 6 heteroatoms. The van der Waals surface area contributed by atoms with Crippen LogP contribution in [0.15, 0.2) is 17.0 Å². The largest absolute Gasteiger partial charge is 0.398 e. The van der Waals surface area contributed by atoms with Crippen LogP contribution >= 0.6 is 0 Å². The molecule has 2 rings (SSSR count). The van der Waals surface area contributed by atoms with Gasteiger partial charge < -0.3 is 10.8 Å². The molecule has 1 atom stereocenters. The molecule has 0 spiro atoms. The third kappa shape index (κ3) is 2.75. The maximum absolute atomic E-state index is 12.6. The van der Waals surface area contributed by atoms with Crippen LogP contribution in [0.25, 0.3) is 0 Å². The second kappa shape index (κ2) is 5.11. The van der Waals surface area contributed by atoms with Crippen LogP contribution in [0, 0.1) is 13.8 Å². The molecule has 1 heterocycles. The summed E-state index contributed by atoms with van der Waals surface area (Å²) < 4.78 is 26.6. The second-order valence-corrected chi connectivity index (χ2v) is 7.04. The van der Waals surface area contributed by atoms with Gasteiger partial charge in [0.25, 0.3) is 0 Å². The summed E-state index contributed by atoms with van der Waals surface area (Å²) >= 11 is 0. The molecule has 1 unspecified atom stereocenters. The Labute approximate surface area is 114 Å². The first-order valence-corrected chi connectivity index (χ1v) is 7.81. The van der Waals surface area contributed by atoms with E-state index in [0.29, 0.717) is 30.6 Å². The lowest BCUT2D eigenvalue weighted by atomic mass is 10.1. The van der Waals surface area contributed by atoms with Crippen molar-refractivity contribution in [3.63, 3.8) is 0 Å². The molecule has 1 aliphatic heterocycles. The van der Waals surface area contributed by atoms with Gasteiger partial charge in [-0.25, -0.2) is 8.42 Å². The van der Waals surface area contributed by atoms with Crippen molar-refractivity contribution < 1.29 is 13.5 Å². The number of aliphatic hydroxyl groups excluding tert-OH is 1. The van der Waals surface area contributed by atoms with Gasteiger partial charge in [0.1, 0.15) is 0 Å². The molecule has 0 radical (unpaired) electrons. The van der Waals surface area contributed by atoms with Crippen molar-refractivity contribution in [1.82, 2.24) is 4.31 Å². The zero-order valence-electron chi connectivity index (χ0n) is 11.3. The SMILES string of the molecule is Cc1cc(N)c(C)c(S(=O)(=O)N2CCCC(O)C2)c1. The van der Waals surface area contributed by atoms with Crippen LogP contribution in [0.3, 0.4) is 0 Å². The predicted molar refractivity (Wildman–Crippen MR) is 74.3 cm³/mol. The smallest absolute Gasteiger partial charge is 0.243 e. The molecular formula is C13H20N2O3S. The summed E-state index contributed by atoms with van der Waals surface area (Å²) in [5.74, 6) is 0. The van der Waals surface area contributed by atoms with Gasteiger partial charge in [0, 0.05) is 18.8 Å². The van der Waals surface area contributed by atoms with Crippen molar-refractivity contribution >= 4 is 15.7 Å². The Morgan fingerprint density at radius 3 is 2.68 bits per heavy atom. The van der Waals surface area contributed by atoms with E-state index in [9.17, 15) is 13.5 Å². The van der Waals surface area contributed by atoms with Crippen molar-refractivity contribution in [2.24, 2.45) is 0 Å². The number of hydrogen-bond acceptors (Lipinski definition) is 4. The van der Waals surface area contributed by atoms with E-state index in [2.05, 4.69) is 0 Å². The molecule has 19 heavy (non-hydrogen) atoms. The third-order valence-corrected chi connectivity index (χ3v) is 5.51. The first kappa shape index (κ1) is 14.3. The Morgan fingerprint density at radius 2 is 2.05 bits per heavy atom.